The van der Waals surface area contributed by atoms with E-state index < -0.39 is 17.2 Å². The Balaban J connectivity index is 2.03. The first-order chi connectivity index (χ1) is 9.01. The lowest BCUT2D eigenvalue weighted by atomic mass is 9.83. The van der Waals surface area contributed by atoms with Crippen LogP contribution in [0.15, 0.2) is 12.1 Å². The molecule has 19 heavy (non-hydrogen) atoms. The van der Waals surface area contributed by atoms with Crippen LogP contribution in [0.5, 0.6) is 5.75 Å². The maximum absolute atomic E-state index is 13.5. The average Bonchev–Trinajstić information content (AvgIpc) is 2.72. The first kappa shape index (κ1) is 12.8. The van der Waals surface area contributed by atoms with Crippen LogP contribution in [0.1, 0.15) is 31.2 Å². The SMILES string of the molecule is COc1cc(F)c(F)cc1C1(O)CC2CCC(C1)O2. The Morgan fingerprint density at radius 1 is 1.21 bits per heavy atom. The van der Waals surface area contributed by atoms with Crippen LogP contribution in [0.4, 0.5) is 8.78 Å². The Hall–Kier alpha value is -1.20. The summed E-state index contributed by atoms with van der Waals surface area (Å²) in [6.45, 7) is 0. The first-order valence-corrected chi connectivity index (χ1v) is 6.43. The second-order valence-corrected chi connectivity index (χ2v) is 5.36. The summed E-state index contributed by atoms with van der Waals surface area (Å²) < 4.78 is 37.5. The lowest BCUT2D eigenvalue weighted by molar-refractivity contribution is -0.116. The molecule has 104 valence electrons. The number of aliphatic hydroxyl groups is 1. The van der Waals surface area contributed by atoms with Crippen LogP contribution < -0.4 is 4.74 Å². The van der Waals surface area contributed by atoms with Gasteiger partial charge in [-0.2, -0.15) is 0 Å². The van der Waals surface area contributed by atoms with E-state index in [0.717, 1.165) is 25.0 Å². The molecule has 2 unspecified atom stereocenters. The Bertz CT molecular complexity index is 492. The fourth-order valence-electron chi connectivity index (χ4n) is 3.20. The van der Waals surface area contributed by atoms with Crippen molar-refractivity contribution in [2.45, 2.75) is 43.5 Å². The number of methoxy groups -OCH3 is 1. The van der Waals surface area contributed by atoms with Crippen molar-refractivity contribution in [2.75, 3.05) is 7.11 Å². The van der Waals surface area contributed by atoms with Crippen LogP contribution in [0.2, 0.25) is 0 Å². The molecule has 2 saturated heterocycles. The lowest BCUT2D eigenvalue weighted by Crippen LogP contribution is -2.39. The third-order valence-electron chi connectivity index (χ3n) is 4.07. The zero-order chi connectivity index (χ0) is 13.6. The summed E-state index contributed by atoms with van der Waals surface area (Å²) in [5, 5.41) is 10.8. The number of ether oxygens (including phenoxy) is 2. The average molecular weight is 270 g/mol. The monoisotopic (exact) mass is 270 g/mol. The van der Waals surface area contributed by atoms with E-state index in [2.05, 4.69) is 0 Å². The molecule has 2 aliphatic rings. The zero-order valence-corrected chi connectivity index (χ0v) is 10.7. The lowest BCUT2D eigenvalue weighted by Gasteiger charge is -2.37. The van der Waals surface area contributed by atoms with E-state index in [0.29, 0.717) is 18.4 Å². The van der Waals surface area contributed by atoms with E-state index in [1.807, 2.05) is 0 Å². The maximum atomic E-state index is 13.5. The third kappa shape index (κ3) is 2.11. The predicted octanol–water partition coefficient (Wildman–Crippen LogP) is 2.50. The van der Waals surface area contributed by atoms with Gasteiger partial charge in [-0.15, -0.1) is 0 Å². The second kappa shape index (κ2) is 4.42. The number of hydrogen-bond acceptors (Lipinski definition) is 3. The molecule has 0 spiro atoms. The fraction of sp³-hybridized carbons (Fsp3) is 0.571. The van der Waals surface area contributed by atoms with Crippen molar-refractivity contribution in [3.63, 3.8) is 0 Å². The van der Waals surface area contributed by atoms with E-state index in [1.165, 1.54) is 7.11 Å². The standard InChI is InChI=1S/C14H16F2O3/c1-18-13-5-12(16)11(15)4-10(13)14(17)6-8-2-3-9(7-14)19-8/h4-5,8-9,17H,2-3,6-7H2,1H3. The van der Waals surface area contributed by atoms with Gasteiger partial charge in [0.1, 0.15) is 5.75 Å². The minimum atomic E-state index is -1.20. The predicted molar refractivity (Wildman–Crippen MR) is 63.9 cm³/mol. The molecule has 1 aromatic carbocycles. The molecule has 0 radical (unpaired) electrons. The molecule has 2 bridgehead atoms. The van der Waals surface area contributed by atoms with Crippen LogP contribution in [0.25, 0.3) is 0 Å². The summed E-state index contributed by atoms with van der Waals surface area (Å²) in [4.78, 5) is 0. The number of rotatable bonds is 2. The van der Waals surface area contributed by atoms with Gasteiger partial charge in [0.15, 0.2) is 11.6 Å². The van der Waals surface area contributed by atoms with Crippen molar-refractivity contribution in [2.24, 2.45) is 0 Å². The molecule has 3 nitrogen and oxygen atoms in total. The van der Waals surface area contributed by atoms with Gasteiger partial charge in [0.25, 0.3) is 0 Å². The van der Waals surface area contributed by atoms with Gasteiger partial charge in [0.05, 0.1) is 24.9 Å². The minimum absolute atomic E-state index is 0.0124. The summed E-state index contributed by atoms with van der Waals surface area (Å²) in [7, 11) is 1.38. The van der Waals surface area contributed by atoms with Crippen molar-refractivity contribution in [3.05, 3.63) is 29.3 Å². The molecule has 2 aliphatic heterocycles. The van der Waals surface area contributed by atoms with Crippen LogP contribution in [-0.2, 0) is 10.3 Å². The summed E-state index contributed by atoms with van der Waals surface area (Å²) >= 11 is 0. The molecule has 5 heteroatoms. The van der Waals surface area contributed by atoms with Gasteiger partial charge < -0.3 is 14.6 Å². The van der Waals surface area contributed by atoms with Crippen LogP contribution in [-0.4, -0.2) is 24.4 Å². The van der Waals surface area contributed by atoms with Gasteiger partial charge >= 0.3 is 0 Å². The first-order valence-electron chi connectivity index (χ1n) is 6.43. The highest BCUT2D eigenvalue weighted by atomic mass is 19.2. The van der Waals surface area contributed by atoms with Crippen molar-refractivity contribution in [3.8, 4) is 5.75 Å². The molecule has 1 aromatic rings. The fourth-order valence-corrected chi connectivity index (χ4v) is 3.20. The van der Waals surface area contributed by atoms with Gasteiger partial charge in [0, 0.05) is 24.5 Å². The number of halogens is 2. The number of benzene rings is 1. The van der Waals surface area contributed by atoms with Crippen molar-refractivity contribution in [1.82, 2.24) is 0 Å². The van der Waals surface area contributed by atoms with E-state index >= 15 is 0 Å². The molecule has 0 aliphatic carbocycles. The van der Waals surface area contributed by atoms with E-state index in [1.54, 1.807) is 0 Å². The molecular formula is C14H16F2O3. The summed E-state index contributed by atoms with van der Waals surface area (Å²) in [5.74, 6) is -1.76. The van der Waals surface area contributed by atoms with Crippen LogP contribution in [0.3, 0.4) is 0 Å². The third-order valence-corrected chi connectivity index (χ3v) is 4.07. The summed E-state index contributed by atoms with van der Waals surface area (Å²) in [5.41, 5.74) is -0.890. The Labute approximate surface area is 110 Å². The van der Waals surface area contributed by atoms with E-state index in [9.17, 15) is 13.9 Å². The number of fused-ring (bicyclic) bond motifs is 2. The Morgan fingerprint density at radius 2 is 1.79 bits per heavy atom. The second-order valence-electron chi connectivity index (χ2n) is 5.36. The minimum Gasteiger partial charge on any atom is -0.496 e. The molecule has 0 aromatic heterocycles. The maximum Gasteiger partial charge on any atom is 0.162 e. The number of hydrogen-bond donors (Lipinski definition) is 1. The van der Waals surface area contributed by atoms with Crippen LogP contribution >= 0.6 is 0 Å². The van der Waals surface area contributed by atoms with Crippen LogP contribution in [0, 0.1) is 11.6 Å². The smallest absolute Gasteiger partial charge is 0.162 e. The van der Waals surface area contributed by atoms with E-state index in [-0.39, 0.29) is 18.0 Å². The molecule has 2 atom stereocenters. The van der Waals surface area contributed by atoms with Gasteiger partial charge in [0.2, 0.25) is 0 Å². The molecule has 3 rings (SSSR count). The Morgan fingerprint density at radius 3 is 2.37 bits per heavy atom. The Kier molecular flexibility index (Phi) is 2.98. The molecule has 1 N–H and O–H groups in total. The molecule has 2 heterocycles. The molecule has 2 fully saturated rings. The van der Waals surface area contributed by atoms with E-state index in [4.69, 9.17) is 9.47 Å². The topological polar surface area (TPSA) is 38.7 Å². The summed E-state index contributed by atoms with van der Waals surface area (Å²) in [6.07, 6.45) is 2.57. The van der Waals surface area contributed by atoms with Gasteiger partial charge in [-0.05, 0) is 18.9 Å². The highest BCUT2D eigenvalue weighted by Crippen LogP contribution is 2.46. The van der Waals surface area contributed by atoms with Gasteiger partial charge in [-0.25, -0.2) is 8.78 Å². The molecular weight excluding hydrogens is 254 g/mol. The van der Waals surface area contributed by atoms with Crippen molar-refractivity contribution < 1.29 is 23.4 Å². The normalized spacial score (nSPS) is 33.5. The quantitative estimate of drug-likeness (QED) is 0.897. The van der Waals surface area contributed by atoms with Gasteiger partial charge in [-0.3, -0.25) is 0 Å². The van der Waals surface area contributed by atoms with Crippen molar-refractivity contribution >= 4 is 0 Å². The largest absolute Gasteiger partial charge is 0.496 e. The van der Waals surface area contributed by atoms with Crippen molar-refractivity contribution in [1.29, 1.82) is 0 Å². The summed E-state index contributed by atoms with van der Waals surface area (Å²) in [6, 6.07) is 2.03. The van der Waals surface area contributed by atoms with Gasteiger partial charge in [-0.1, -0.05) is 0 Å². The highest BCUT2D eigenvalue weighted by Gasteiger charge is 2.46. The zero-order valence-electron chi connectivity index (χ0n) is 10.7. The molecule has 0 saturated carbocycles. The molecule has 0 amide bonds. The highest BCUT2D eigenvalue weighted by molar-refractivity contribution is 5.40.